The molecule has 0 aliphatic rings. The number of nitrogens with zero attached hydrogens (tertiary/aromatic N) is 1. The SMILES string of the molecule is C[C@@H](O)N(N)[C]=O. The zero-order valence-electron chi connectivity index (χ0n) is 3.96. The molecule has 0 aromatic rings. The molecule has 4 nitrogen and oxygen atoms in total. The molecule has 1 atom stereocenters. The highest BCUT2D eigenvalue weighted by molar-refractivity contribution is 5.46. The van der Waals surface area contributed by atoms with E-state index >= 15 is 0 Å². The zero-order valence-corrected chi connectivity index (χ0v) is 3.96. The van der Waals surface area contributed by atoms with Gasteiger partial charge in [0, 0.05) is 0 Å². The Balaban J connectivity index is 3.33. The molecule has 0 heterocycles. The Kier molecular flexibility index (Phi) is 2.32. The standard InChI is InChI=1S/C3H7N2O2/c1-3(7)5(4)2-6/h3,7H,4H2,1H3/t3-/m1/s1. The summed E-state index contributed by atoms with van der Waals surface area (Å²) >= 11 is 0. The van der Waals surface area contributed by atoms with Crippen LogP contribution in [0.1, 0.15) is 6.92 Å². The molecule has 0 aliphatic carbocycles. The minimum absolute atomic E-state index is 0.542. The van der Waals surface area contributed by atoms with Crippen molar-refractivity contribution in [3.63, 3.8) is 0 Å². The highest BCUT2D eigenvalue weighted by atomic mass is 16.3. The molecule has 0 aliphatic heterocycles. The monoisotopic (exact) mass is 103 g/mol. The topological polar surface area (TPSA) is 66.6 Å². The van der Waals surface area contributed by atoms with Crippen LogP contribution in [0.4, 0.5) is 0 Å². The molecule has 1 radical (unpaired) electrons. The van der Waals surface area contributed by atoms with Gasteiger partial charge in [-0.1, -0.05) is 0 Å². The number of aliphatic hydroxyl groups excluding tert-OH is 1. The van der Waals surface area contributed by atoms with Crippen molar-refractivity contribution in [3.05, 3.63) is 0 Å². The fraction of sp³-hybridized carbons (Fsp3) is 0.667. The molecular weight excluding hydrogens is 96.0 g/mol. The first kappa shape index (κ1) is 6.39. The van der Waals surface area contributed by atoms with Crippen molar-refractivity contribution >= 4 is 6.41 Å². The van der Waals surface area contributed by atoms with Crippen LogP contribution in [0.25, 0.3) is 0 Å². The van der Waals surface area contributed by atoms with Gasteiger partial charge in [0.05, 0.1) is 0 Å². The van der Waals surface area contributed by atoms with Crippen molar-refractivity contribution in [1.82, 2.24) is 5.01 Å². The number of rotatable bonds is 2. The summed E-state index contributed by atoms with van der Waals surface area (Å²) in [5, 5.41) is 8.90. The van der Waals surface area contributed by atoms with Crippen LogP contribution in [0.2, 0.25) is 0 Å². The Morgan fingerprint density at radius 3 is 2.43 bits per heavy atom. The first-order valence-electron chi connectivity index (χ1n) is 1.78. The third-order valence-corrected chi connectivity index (χ3v) is 0.508. The van der Waals surface area contributed by atoms with Gasteiger partial charge in [0.25, 0.3) is 0 Å². The lowest BCUT2D eigenvalue weighted by Gasteiger charge is -2.10. The van der Waals surface area contributed by atoms with Crippen molar-refractivity contribution in [3.8, 4) is 0 Å². The maximum Gasteiger partial charge on any atom is 0.329 e. The molecule has 0 rings (SSSR count). The average Bonchev–Trinajstić information content (AvgIpc) is 1.65. The maximum absolute atomic E-state index is 9.46. The summed E-state index contributed by atoms with van der Waals surface area (Å²) < 4.78 is 0. The van der Waals surface area contributed by atoms with E-state index in [1.54, 1.807) is 0 Å². The Morgan fingerprint density at radius 2 is 2.43 bits per heavy atom. The van der Waals surface area contributed by atoms with Crippen molar-refractivity contribution in [2.45, 2.75) is 13.2 Å². The second kappa shape index (κ2) is 2.54. The number of hydrogen-bond acceptors (Lipinski definition) is 3. The van der Waals surface area contributed by atoms with E-state index in [1.165, 1.54) is 13.3 Å². The zero-order chi connectivity index (χ0) is 5.86. The van der Waals surface area contributed by atoms with Crippen molar-refractivity contribution in [2.24, 2.45) is 5.84 Å². The number of nitrogens with two attached hydrogens (primary N) is 1. The second-order valence-electron chi connectivity index (χ2n) is 1.13. The molecule has 1 amide bonds. The number of carbonyl (C=O) groups excluding carboxylic acids is 1. The fourth-order valence-electron chi connectivity index (χ4n) is 0.0763. The van der Waals surface area contributed by atoms with Gasteiger partial charge in [0.15, 0.2) is 0 Å². The molecule has 0 bridgehead atoms. The summed E-state index contributed by atoms with van der Waals surface area (Å²) in [4.78, 5) is 9.46. The Labute approximate surface area is 41.5 Å². The summed E-state index contributed by atoms with van der Waals surface area (Å²) in [5.41, 5.74) is 0. The van der Waals surface area contributed by atoms with Gasteiger partial charge in [-0.05, 0) is 6.92 Å². The first-order valence-corrected chi connectivity index (χ1v) is 1.78. The van der Waals surface area contributed by atoms with Gasteiger partial charge in [0.1, 0.15) is 6.23 Å². The van der Waals surface area contributed by atoms with Gasteiger partial charge in [-0.3, -0.25) is 4.79 Å². The minimum atomic E-state index is -0.947. The van der Waals surface area contributed by atoms with Gasteiger partial charge in [-0.2, -0.15) is 0 Å². The third kappa shape index (κ3) is 2.13. The lowest BCUT2D eigenvalue weighted by atomic mass is 10.7. The van der Waals surface area contributed by atoms with Gasteiger partial charge >= 0.3 is 6.41 Å². The summed E-state index contributed by atoms with van der Waals surface area (Å²) in [7, 11) is 0. The van der Waals surface area contributed by atoms with E-state index in [1.807, 2.05) is 0 Å². The van der Waals surface area contributed by atoms with E-state index in [0.29, 0.717) is 5.01 Å². The molecular formula is C3H7N2O2. The predicted octanol–water partition coefficient (Wildman–Crippen LogP) is -1.43. The molecule has 0 saturated heterocycles. The molecule has 0 unspecified atom stereocenters. The van der Waals surface area contributed by atoms with E-state index in [2.05, 4.69) is 0 Å². The Bertz CT molecular complexity index is 64.0. The van der Waals surface area contributed by atoms with Crippen LogP contribution < -0.4 is 5.84 Å². The predicted molar refractivity (Wildman–Crippen MR) is 23.4 cm³/mol. The highest BCUT2D eigenvalue weighted by Crippen LogP contribution is 1.77. The van der Waals surface area contributed by atoms with Gasteiger partial charge in [0.2, 0.25) is 0 Å². The van der Waals surface area contributed by atoms with Crippen LogP contribution in [0.15, 0.2) is 0 Å². The average molecular weight is 103 g/mol. The minimum Gasteiger partial charge on any atom is -0.372 e. The summed E-state index contributed by atoms with van der Waals surface area (Å²) in [6.07, 6.45) is 0.329. The van der Waals surface area contributed by atoms with E-state index < -0.39 is 6.23 Å². The molecule has 0 aromatic heterocycles. The number of amides is 1. The maximum atomic E-state index is 9.46. The number of hydrogen-bond donors (Lipinski definition) is 2. The van der Waals surface area contributed by atoms with Crippen LogP contribution in [-0.4, -0.2) is 22.8 Å². The van der Waals surface area contributed by atoms with Crippen LogP contribution in [0, 0.1) is 0 Å². The van der Waals surface area contributed by atoms with Gasteiger partial charge in [-0.25, -0.2) is 10.9 Å². The largest absolute Gasteiger partial charge is 0.372 e. The fourth-order valence-corrected chi connectivity index (χ4v) is 0.0763. The van der Waals surface area contributed by atoms with Crippen LogP contribution >= 0.6 is 0 Å². The molecule has 3 N–H and O–H groups in total. The lowest BCUT2D eigenvalue weighted by molar-refractivity contribution is 0.0684. The van der Waals surface area contributed by atoms with Crippen LogP contribution in [-0.2, 0) is 4.79 Å². The molecule has 7 heavy (non-hydrogen) atoms. The number of hydrazine groups is 1. The first-order chi connectivity index (χ1) is 3.18. The van der Waals surface area contributed by atoms with Crippen molar-refractivity contribution < 1.29 is 9.90 Å². The van der Waals surface area contributed by atoms with E-state index in [0.717, 1.165) is 0 Å². The normalized spacial score (nSPS) is 13.0. The van der Waals surface area contributed by atoms with Crippen molar-refractivity contribution in [2.75, 3.05) is 0 Å². The summed E-state index contributed by atoms with van der Waals surface area (Å²) in [5.74, 6) is 4.78. The third-order valence-electron chi connectivity index (χ3n) is 0.508. The smallest absolute Gasteiger partial charge is 0.329 e. The second-order valence-corrected chi connectivity index (χ2v) is 1.13. The summed E-state index contributed by atoms with van der Waals surface area (Å²) in [6.45, 7) is 1.37. The molecule has 0 aromatic carbocycles. The van der Waals surface area contributed by atoms with E-state index in [9.17, 15) is 4.79 Å². The van der Waals surface area contributed by atoms with Gasteiger partial charge in [-0.15, -0.1) is 0 Å². The number of aliphatic hydroxyl groups is 1. The van der Waals surface area contributed by atoms with Gasteiger partial charge < -0.3 is 5.11 Å². The highest BCUT2D eigenvalue weighted by Gasteiger charge is 1.99. The van der Waals surface area contributed by atoms with Crippen LogP contribution in [0.5, 0.6) is 0 Å². The quantitative estimate of drug-likeness (QED) is 0.148. The summed E-state index contributed by atoms with van der Waals surface area (Å²) in [6, 6.07) is 0. The lowest BCUT2D eigenvalue weighted by Crippen LogP contribution is -2.37. The van der Waals surface area contributed by atoms with Crippen LogP contribution in [0.3, 0.4) is 0 Å². The molecule has 0 saturated carbocycles. The molecule has 4 heteroatoms. The molecule has 41 valence electrons. The van der Waals surface area contributed by atoms with E-state index in [-0.39, 0.29) is 0 Å². The molecule has 0 spiro atoms. The van der Waals surface area contributed by atoms with Crippen molar-refractivity contribution in [1.29, 1.82) is 0 Å². The molecule has 0 fully saturated rings. The Hall–Kier alpha value is -0.610. The Morgan fingerprint density at radius 1 is 2.00 bits per heavy atom. The van der Waals surface area contributed by atoms with E-state index in [4.69, 9.17) is 10.9 Å².